The molecule has 134 valence electrons. The molecule has 1 aliphatic heterocycles. The normalized spacial score (nSPS) is 28.4. The molecule has 3 aliphatic rings. The molecule has 1 heteroatoms. The summed E-state index contributed by atoms with van der Waals surface area (Å²) in [5.41, 5.74) is 2.22. The Hall–Kier alpha value is -0.0400. The standard InChI is InChI=1S/C22H41N/c1-7-11-22(12-9-8-10-13-22)20(5,6)23-16-21(17-23)14-18(15-21)19(2,3)4/h18H,7-17H2,1-6H3. The van der Waals surface area contributed by atoms with E-state index in [2.05, 4.69) is 46.4 Å². The van der Waals surface area contributed by atoms with E-state index in [0.717, 1.165) is 5.92 Å². The van der Waals surface area contributed by atoms with Crippen LogP contribution in [0.5, 0.6) is 0 Å². The minimum absolute atomic E-state index is 0.404. The number of hydrogen-bond acceptors (Lipinski definition) is 1. The van der Waals surface area contributed by atoms with Gasteiger partial charge in [0.1, 0.15) is 0 Å². The summed E-state index contributed by atoms with van der Waals surface area (Å²) < 4.78 is 0. The molecule has 1 nitrogen and oxygen atoms in total. The Kier molecular flexibility index (Phi) is 4.44. The van der Waals surface area contributed by atoms with E-state index in [0.29, 0.717) is 21.8 Å². The third kappa shape index (κ3) is 2.90. The Morgan fingerprint density at radius 2 is 1.48 bits per heavy atom. The Balaban J connectivity index is 1.63. The average molecular weight is 320 g/mol. The quantitative estimate of drug-likeness (QED) is 0.590. The molecule has 0 unspecified atom stereocenters. The molecule has 3 fully saturated rings. The van der Waals surface area contributed by atoms with Crippen LogP contribution in [-0.4, -0.2) is 23.5 Å². The lowest BCUT2D eigenvalue weighted by atomic mass is 9.50. The molecule has 23 heavy (non-hydrogen) atoms. The lowest BCUT2D eigenvalue weighted by Gasteiger charge is -2.68. The number of rotatable bonds is 4. The summed E-state index contributed by atoms with van der Waals surface area (Å²) in [5.74, 6) is 0.965. The molecule has 0 atom stereocenters. The molecule has 0 N–H and O–H groups in total. The minimum Gasteiger partial charge on any atom is -0.296 e. The molecule has 1 heterocycles. The molecule has 0 aromatic rings. The highest BCUT2D eigenvalue weighted by Crippen LogP contribution is 2.61. The van der Waals surface area contributed by atoms with Crippen LogP contribution in [0.25, 0.3) is 0 Å². The fourth-order valence-electron chi connectivity index (χ4n) is 6.23. The molecule has 0 amide bonds. The third-order valence-electron chi connectivity index (χ3n) is 8.26. The summed E-state index contributed by atoms with van der Waals surface area (Å²) in [5, 5.41) is 0. The zero-order chi connectivity index (χ0) is 16.9. The molecule has 1 saturated heterocycles. The molecular weight excluding hydrogens is 278 g/mol. The first-order chi connectivity index (χ1) is 10.6. The fraction of sp³-hybridized carbons (Fsp3) is 1.00. The largest absolute Gasteiger partial charge is 0.296 e. The predicted molar refractivity (Wildman–Crippen MR) is 101 cm³/mol. The highest BCUT2D eigenvalue weighted by atomic mass is 15.3. The summed E-state index contributed by atoms with van der Waals surface area (Å²) >= 11 is 0. The lowest BCUT2D eigenvalue weighted by molar-refractivity contribution is -0.186. The fourth-order valence-corrected chi connectivity index (χ4v) is 6.23. The number of nitrogens with zero attached hydrogens (tertiary/aromatic N) is 1. The topological polar surface area (TPSA) is 3.24 Å². The van der Waals surface area contributed by atoms with Gasteiger partial charge in [-0.15, -0.1) is 0 Å². The van der Waals surface area contributed by atoms with Crippen LogP contribution in [0, 0.1) is 22.2 Å². The van der Waals surface area contributed by atoms with Gasteiger partial charge in [-0.25, -0.2) is 0 Å². The van der Waals surface area contributed by atoms with Gasteiger partial charge in [0.25, 0.3) is 0 Å². The summed E-state index contributed by atoms with van der Waals surface area (Å²) in [4.78, 5) is 2.88. The van der Waals surface area contributed by atoms with Gasteiger partial charge in [0, 0.05) is 18.6 Å². The van der Waals surface area contributed by atoms with Gasteiger partial charge in [0.05, 0.1) is 0 Å². The monoisotopic (exact) mass is 319 g/mol. The van der Waals surface area contributed by atoms with Gasteiger partial charge in [0.2, 0.25) is 0 Å². The van der Waals surface area contributed by atoms with Crippen LogP contribution in [0.4, 0.5) is 0 Å². The summed E-state index contributed by atoms with van der Waals surface area (Å²) in [6.45, 7) is 17.6. The molecule has 2 aliphatic carbocycles. The smallest absolute Gasteiger partial charge is 0.0209 e. The zero-order valence-electron chi connectivity index (χ0n) is 16.8. The van der Waals surface area contributed by atoms with E-state index in [-0.39, 0.29) is 0 Å². The molecule has 1 spiro atoms. The second-order valence-corrected chi connectivity index (χ2v) is 11.0. The molecule has 0 bridgehead atoms. The maximum atomic E-state index is 2.88. The molecular formula is C22H41N. The van der Waals surface area contributed by atoms with Gasteiger partial charge in [-0.2, -0.15) is 0 Å². The molecule has 3 rings (SSSR count). The van der Waals surface area contributed by atoms with Crippen molar-refractivity contribution in [2.75, 3.05) is 13.1 Å². The van der Waals surface area contributed by atoms with E-state index in [4.69, 9.17) is 0 Å². The van der Waals surface area contributed by atoms with E-state index in [9.17, 15) is 0 Å². The maximum Gasteiger partial charge on any atom is 0.0209 e. The number of hydrogen-bond donors (Lipinski definition) is 0. The van der Waals surface area contributed by atoms with Crippen molar-refractivity contribution in [1.82, 2.24) is 4.90 Å². The van der Waals surface area contributed by atoms with E-state index in [1.807, 2.05) is 0 Å². The molecule has 0 aromatic heterocycles. The van der Waals surface area contributed by atoms with Gasteiger partial charge in [-0.05, 0) is 68.1 Å². The first-order valence-electron chi connectivity index (χ1n) is 10.4. The van der Waals surface area contributed by atoms with Crippen LogP contribution in [0.15, 0.2) is 0 Å². The van der Waals surface area contributed by atoms with Crippen molar-refractivity contribution in [3.8, 4) is 0 Å². The Labute approximate surface area is 145 Å². The Morgan fingerprint density at radius 1 is 0.913 bits per heavy atom. The van der Waals surface area contributed by atoms with Crippen molar-refractivity contribution in [2.24, 2.45) is 22.2 Å². The van der Waals surface area contributed by atoms with Gasteiger partial charge >= 0.3 is 0 Å². The van der Waals surface area contributed by atoms with E-state index < -0.39 is 0 Å². The minimum atomic E-state index is 0.404. The van der Waals surface area contributed by atoms with Crippen LogP contribution in [-0.2, 0) is 0 Å². The maximum absolute atomic E-state index is 2.88. The first kappa shape index (κ1) is 17.8. The van der Waals surface area contributed by atoms with Crippen molar-refractivity contribution >= 4 is 0 Å². The van der Waals surface area contributed by atoms with Crippen LogP contribution in [0.2, 0.25) is 0 Å². The summed E-state index contributed by atoms with van der Waals surface area (Å²) in [6, 6.07) is 0. The van der Waals surface area contributed by atoms with Crippen molar-refractivity contribution in [3.05, 3.63) is 0 Å². The average Bonchev–Trinajstić information content (AvgIpc) is 2.34. The summed E-state index contributed by atoms with van der Waals surface area (Å²) in [7, 11) is 0. The second-order valence-electron chi connectivity index (χ2n) is 11.0. The van der Waals surface area contributed by atoms with Crippen molar-refractivity contribution in [1.29, 1.82) is 0 Å². The Bertz CT molecular complexity index is 402. The lowest BCUT2D eigenvalue weighted by Crippen LogP contribution is -2.72. The molecule has 0 radical (unpaired) electrons. The van der Waals surface area contributed by atoms with Crippen LogP contribution < -0.4 is 0 Å². The second kappa shape index (κ2) is 5.75. The van der Waals surface area contributed by atoms with Crippen LogP contribution in [0.1, 0.15) is 99.3 Å². The third-order valence-corrected chi connectivity index (χ3v) is 8.26. The van der Waals surface area contributed by atoms with E-state index >= 15 is 0 Å². The van der Waals surface area contributed by atoms with E-state index in [1.165, 1.54) is 70.9 Å². The highest BCUT2D eigenvalue weighted by molar-refractivity contribution is 5.13. The summed E-state index contributed by atoms with van der Waals surface area (Å²) in [6.07, 6.45) is 13.1. The predicted octanol–water partition coefficient (Wildman–Crippen LogP) is 6.27. The van der Waals surface area contributed by atoms with E-state index in [1.54, 1.807) is 0 Å². The first-order valence-corrected chi connectivity index (χ1v) is 10.4. The zero-order valence-corrected chi connectivity index (χ0v) is 16.8. The SMILES string of the molecule is CCCC1(C(C)(C)N2CC3(CC(C(C)(C)C)C3)C2)CCCCC1. The van der Waals surface area contributed by atoms with Gasteiger partial charge < -0.3 is 0 Å². The van der Waals surface area contributed by atoms with Gasteiger partial charge in [0.15, 0.2) is 0 Å². The van der Waals surface area contributed by atoms with Crippen molar-refractivity contribution < 1.29 is 0 Å². The molecule has 0 aromatic carbocycles. The van der Waals surface area contributed by atoms with Gasteiger partial charge in [-0.3, -0.25) is 4.90 Å². The van der Waals surface area contributed by atoms with Crippen molar-refractivity contribution in [2.45, 2.75) is 105 Å². The van der Waals surface area contributed by atoms with Crippen molar-refractivity contribution in [3.63, 3.8) is 0 Å². The Morgan fingerprint density at radius 3 is 1.96 bits per heavy atom. The van der Waals surface area contributed by atoms with Crippen LogP contribution in [0.3, 0.4) is 0 Å². The van der Waals surface area contributed by atoms with Crippen LogP contribution >= 0.6 is 0 Å². The highest BCUT2D eigenvalue weighted by Gasteiger charge is 2.60. The molecule has 2 saturated carbocycles. The van der Waals surface area contributed by atoms with Gasteiger partial charge in [-0.1, -0.05) is 53.4 Å². The number of likely N-dealkylation sites (tertiary alicyclic amines) is 1.